The maximum absolute atomic E-state index is 12.8. The van der Waals surface area contributed by atoms with Gasteiger partial charge in [-0.15, -0.1) is 11.3 Å². The molecule has 5 nitrogen and oxygen atoms in total. The molecule has 0 radical (unpaired) electrons. The van der Waals surface area contributed by atoms with Crippen molar-refractivity contribution in [3.8, 4) is 5.75 Å². The van der Waals surface area contributed by atoms with Crippen LogP contribution < -0.4 is 4.74 Å². The van der Waals surface area contributed by atoms with Gasteiger partial charge in [0.15, 0.2) is 0 Å². The van der Waals surface area contributed by atoms with Gasteiger partial charge in [-0.05, 0) is 48.6 Å². The summed E-state index contributed by atoms with van der Waals surface area (Å²) in [5.41, 5.74) is 1.47. The molecule has 1 aromatic carbocycles. The molecule has 1 aliphatic heterocycles. The van der Waals surface area contributed by atoms with Crippen molar-refractivity contribution in [3.05, 3.63) is 57.3 Å². The number of hydrogen-bond acceptors (Lipinski definition) is 5. The molecule has 1 aliphatic rings. The van der Waals surface area contributed by atoms with E-state index in [4.69, 9.17) is 4.74 Å². The summed E-state index contributed by atoms with van der Waals surface area (Å²) in [4.78, 5) is 27.9. The van der Waals surface area contributed by atoms with Crippen molar-refractivity contribution in [2.24, 2.45) is 0 Å². The Bertz CT molecular complexity index is 886. The van der Waals surface area contributed by atoms with Crippen molar-refractivity contribution in [2.45, 2.75) is 32.7 Å². The van der Waals surface area contributed by atoms with Crippen LogP contribution in [0.1, 0.15) is 41.8 Å². The molecule has 1 atom stereocenters. The van der Waals surface area contributed by atoms with E-state index in [1.54, 1.807) is 30.2 Å². The summed E-state index contributed by atoms with van der Waals surface area (Å²) < 4.78 is 5.21. The fourth-order valence-corrected chi connectivity index (χ4v) is 4.20. The van der Waals surface area contributed by atoms with Crippen LogP contribution in [-0.2, 0) is 9.59 Å². The first kappa shape index (κ1) is 19.2. The lowest BCUT2D eigenvalue weighted by atomic mass is 9.97. The Balaban J connectivity index is 2.14. The van der Waals surface area contributed by atoms with Crippen LogP contribution in [0.5, 0.6) is 5.75 Å². The number of ketones is 1. The molecule has 142 valence electrons. The minimum Gasteiger partial charge on any atom is -0.507 e. The number of nitrogens with zero attached hydrogens (tertiary/aromatic N) is 1. The van der Waals surface area contributed by atoms with Crippen LogP contribution in [0.3, 0.4) is 0 Å². The van der Waals surface area contributed by atoms with Gasteiger partial charge in [-0.25, -0.2) is 0 Å². The lowest BCUT2D eigenvalue weighted by Gasteiger charge is -2.24. The third-order valence-corrected chi connectivity index (χ3v) is 5.72. The number of ether oxygens (including phenoxy) is 1. The number of amides is 1. The summed E-state index contributed by atoms with van der Waals surface area (Å²) in [5.74, 6) is -0.639. The Morgan fingerprint density at radius 3 is 2.67 bits per heavy atom. The molecule has 1 saturated heterocycles. The fourth-order valence-electron chi connectivity index (χ4n) is 3.36. The quantitative estimate of drug-likeness (QED) is 0.458. The highest BCUT2D eigenvalue weighted by molar-refractivity contribution is 7.10. The highest BCUT2D eigenvalue weighted by atomic mass is 32.1. The molecule has 0 bridgehead atoms. The number of thiophene rings is 1. The molecule has 1 unspecified atom stereocenters. The second-order valence-electron chi connectivity index (χ2n) is 6.54. The highest BCUT2D eigenvalue weighted by Gasteiger charge is 2.46. The van der Waals surface area contributed by atoms with Crippen LogP contribution in [0.15, 0.2) is 41.3 Å². The van der Waals surface area contributed by atoms with Crippen molar-refractivity contribution >= 4 is 28.8 Å². The second kappa shape index (κ2) is 7.96. The number of carbonyl (C=O) groups is 2. The molecule has 0 spiro atoms. The van der Waals surface area contributed by atoms with E-state index in [-0.39, 0.29) is 11.3 Å². The third kappa shape index (κ3) is 3.49. The number of aliphatic hydroxyl groups is 1. The number of carbonyl (C=O) groups excluding carboxylic acids is 2. The summed E-state index contributed by atoms with van der Waals surface area (Å²) in [6.07, 6.45) is 1.72. The minimum absolute atomic E-state index is 0.133. The van der Waals surface area contributed by atoms with E-state index < -0.39 is 17.7 Å². The SMILES string of the molecule is CCCCN1C(=O)C(=O)/C(=C(\O)c2ccc(OC)cc2C)C1c1cccs1. The molecule has 1 aromatic heterocycles. The molecular weight excluding hydrogens is 362 g/mol. The van der Waals surface area contributed by atoms with E-state index in [0.29, 0.717) is 17.9 Å². The lowest BCUT2D eigenvalue weighted by molar-refractivity contribution is -0.139. The topological polar surface area (TPSA) is 66.8 Å². The van der Waals surface area contributed by atoms with Gasteiger partial charge in [-0.3, -0.25) is 9.59 Å². The molecule has 2 heterocycles. The molecule has 0 aliphatic carbocycles. The Kier molecular flexibility index (Phi) is 5.65. The van der Waals surface area contributed by atoms with E-state index >= 15 is 0 Å². The summed E-state index contributed by atoms with van der Waals surface area (Å²) >= 11 is 1.48. The molecule has 1 amide bonds. The van der Waals surface area contributed by atoms with Crippen LogP contribution in [-0.4, -0.2) is 35.4 Å². The summed E-state index contributed by atoms with van der Waals surface area (Å²) in [5, 5.41) is 12.9. The van der Waals surface area contributed by atoms with Gasteiger partial charge in [-0.2, -0.15) is 0 Å². The number of rotatable bonds is 6. The molecule has 1 N–H and O–H groups in total. The van der Waals surface area contributed by atoms with Crippen LogP contribution >= 0.6 is 11.3 Å². The van der Waals surface area contributed by atoms with E-state index in [9.17, 15) is 14.7 Å². The Morgan fingerprint density at radius 1 is 1.30 bits per heavy atom. The number of aliphatic hydroxyl groups excluding tert-OH is 1. The van der Waals surface area contributed by atoms with Gasteiger partial charge in [0.2, 0.25) is 0 Å². The van der Waals surface area contributed by atoms with Gasteiger partial charge >= 0.3 is 0 Å². The first-order valence-electron chi connectivity index (χ1n) is 8.96. The summed E-state index contributed by atoms with van der Waals surface area (Å²) in [6.45, 7) is 4.37. The summed E-state index contributed by atoms with van der Waals surface area (Å²) in [7, 11) is 1.57. The number of hydrogen-bond donors (Lipinski definition) is 1. The van der Waals surface area contributed by atoms with E-state index in [1.165, 1.54) is 11.3 Å². The maximum Gasteiger partial charge on any atom is 0.295 e. The Hall–Kier alpha value is -2.60. The van der Waals surface area contributed by atoms with Crippen LogP contribution in [0.2, 0.25) is 0 Å². The van der Waals surface area contributed by atoms with Crippen molar-refractivity contribution < 1.29 is 19.4 Å². The monoisotopic (exact) mass is 385 g/mol. The fraction of sp³-hybridized carbons (Fsp3) is 0.333. The Labute approximate surface area is 162 Å². The lowest BCUT2D eigenvalue weighted by Crippen LogP contribution is -2.30. The van der Waals surface area contributed by atoms with Crippen LogP contribution in [0, 0.1) is 6.92 Å². The first-order valence-corrected chi connectivity index (χ1v) is 9.84. The second-order valence-corrected chi connectivity index (χ2v) is 7.52. The van der Waals surface area contributed by atoms with Gasteiger partial charge in [-0.1, -0.05) is 19.4 Å². The van der Waals surface area contributed by atoms with Crippen LogP contribution in [0.4, 0.5) is 0 Å². The van der Waals surface area contributed by atoms with Crippen molar-refractivity contribution in [2.75, 3.05) is 13.7 Å². The van der Waals surface area contributed by atoms with Crippen molar-refractivity contribution in [1.82, 2.24) is 4.90 Å². The average Bonchev–Trinajstić information content (AvgIpc) is 3.27. The zero-order valence-electron chi connectivity index (χ0n) is 15.7. The molecule has 1 fully saturated rings. The largest absolute Gasteiger partial charge is 0.507 e. The minimum atomic E-state index is -0.628. The van der Waals surface area contributed by atoms with Gasteiger partial charge in [0, 0.05) is 17.0 Å². The Morgan fingerprint density at radius 2 is 2.07 bits per heavy atom. The predicted octanol–water partition coefficient (Wildman–Crippen LogP) is 4.29. The van der Waals surface area contributed by atoms with Gasteiger partial charge in [0.05, 0.1) is 18.7 Å². The zero-order chi connectivity index (χ0) is 19.6. The average molecular weight is 385 g/mol. The molecular formula is C21H23NO4S. The van der Waals surface area contributed by atoms with Crippen LogP contribution in [0.25, 0.3) is 5.76 Å². The van der Waals surface area contributed by atoms with E-state index in [2.05, 4.69) is 0 Å². The number of Topliss-reactive ketones (excluding diaryl/α,β-unsaturated/α-hetero) is 1. The summed E-state index contributed by atoms with van der Waals surface area (Å²) in [6, 6.07) is 8.48. The first-order chi connectivity index (χ1) is 13.0. The van der Waals surface area contributed by atoms with Gasteiger partial charge in [0.25, 0.3) is 11.7 Å². The zero-order valence-corrected chi connectivity index (χ0v) is 16.5. The number of aryl methyl sites for hydroxylation is 1. The number of methoxy groups -OCH3 is 1. The predicted molar refractivity (Wildman–Crippen MR) is 106 cm³/mol. The normalized spacial score (nSPS) is 18.9. The smallest absolute Gasteiger partial charge is 0.295 e. The van der Waals surface area contributed by atoms with Gasteiger partial charge < -0.3 is 14.7 Å². The third-order valence-electron chi connectivity index (χ3n) is 4.79. The van der Waals surface area contributed by atoms with E-state index in [0.717, 1.165) is 23.3 Å². The molecule has 6 heteroatoms. The molecule has 27 heavy (non-hydrogen) atoms. The van der Waals surface area contributed by atoms with Crippen molar-refractivity contribution in [3.63, 3.8) is 0 Å². The van der Waals surface area contributed by atoms with Crippen molar-refractivity contribution in [1.29, 1.82) is 0 Å². The molecule has 3 rings (SSSR count). The standard InChI is InChI=1S/C21H23NO4S/c1-4-5-10-22-18(16-7-6-11-27-16)17(20(24)21(22)25)19(23)15-9-8-14(26-3)12-13(15)2/h6-9,11-12,18,23H,4-5,10H2,1-3H3/b19-17-. The highest BCUT2D eigenvalue weighted by Crippen LogP contribution is 2.41. The maximum atomic E-state index is 12.8. The number of benzene rings is 1. The van der Waals surface area contributed by atoms with E-state index in [1.807, 2.05) is 31.4 Å². The number of unbranched alkanes of at least 4 members (excludes halogenated alkanes) is 1. The number of likely N-dealkylation sites (tertiary alicyclic amines) is 1. The molecule has 0 saturated carbocycles. The molecule has 2 aromatic rings. The van der Waals surface area contributed by atoms with Gasteiger partial charge in [0.1, 0.15) is 11.5 Å².